The smallest absolute Gasteiger partial charge is 0.305 e. The molecule has 76 valence electrons. The summed E-state index contributed by atoms with van der Waals surface area (Å²) in [5.41, 5.74) is 0. The van der Waals surface area contributed by atoms with Crippen LogP contribution in [0.4, 0.5) is 0 Å². The van der Waals surface area contributed by atoms with Gasteiger partial charge in [0.15, 0.2) is 0 Å². The van der Waals surface area contributed by atoms with Crippen LogP contribution in [-0.2, 0) is 9.53 Å². The van der Waals surface area contributed by atoms with Crippen LogP contribution in [0, 0.1) is 5.92 Å². The Hall–Kier alpha value is -0.570. The third-order valence-corrected chi connectivity index (χ3v) is 2.54. The lowest BCUT2D eigenvalue weighted by atomic mass is 9.90. The summed E-state index contributed by atoms with van der Waals surface area (Å²) in [5, 5.41) is 8.37. The van der Waals surface area contributed by atoms with Crippen LogP contribution in [0.25, 0.3) is 0 Å². The molecule has 1 saturated carbocycles. The first-order chi connectivity index (χ1) is 6.29. The van der Waals surface area contributed by atoms with E-state index >= 15 is 0 Å². The van der Waals surface area contributed by atoms with Crippen LogP contribution in [0.1, 0.15) is 38.5 Å². The van der Waals surface area contributed by atoms with Crippen molar-refractivity contribution < 1.29 is 14.6 Å². The molecule has 0 saturated heterocycles. The van der Waals surface area contributed by atoms with Gasteiger partial charge in [-0.1, -0.05) is 19.3 Å². The maximum Gasteiger partial charge on any atom is 0.305 e. The van der Waals surface area contributed by atoms with Crippen molar-refractivity contribution in [2.24, 2.45) is 5.92 Å². The van der Waals surface area contributed by atoms with Gasteiger partial charge in [0.2, 0.25) is 0 Å². The number of carboxylic acids is 1. The van der Waals surface area contributed by atoms with E-state index in [-0.39, 0.29) is 6.42 Å². The van der Waals surface area contributed by atoms with Crippen LogP contribution in [0.2, 0.25) is 0 Å². The van der Waals surface area contributed by atoms with Gasteiger partial charge in [-0.15, -0.1) is 0 Å². The van der Waals surface area contributed by atoms with Gasteiger partial charge in [-0.2, -0.15) is 0 Å². The Morgan fingerprint density at radius 3 is 2.62 bits per heavy atom. The second-order valence-electron chi connectivity index (χ2n) is 3.72. The Labute approximate surface area is 79.1 Å². The summed E-state index contributed by atoms with van der Waals surface area (Å²) >= 11 is 0. The summed E-state index contributed by atoms with van der Waals surface area (Å²) in [7, 11) is 0. The van der Waals surface area contributed by atoms with E-state index in [1.54, 1.807) is 0 Å². The lowest BCUT2D eigenvalue weighted by Crippen LogP contribution is -2.14. The predicted molar refractivity (Wildman–Crippen MR) is 49.6 cm³/mol. The Morgan fingerprint density at radius 1 is 1.31 bits per heavy atom. The summed E-state index contributed by atoms with van der Waals surface area (Å²) in [4.78, 5) is 10.2. The molecule has 0 aromatic carbocycles. The zero-order valence-electron chi connectivity index (χ0n) is 8.00. The van der Waals surface area contributed by atoms with Crippen molar-refractivity contribution in [2.45, 2.75) is 38.5 Å². The van der Waals surface area contributed by atoms with Gasteiger partial charge in [0, 0.05) is 6.61 Å². The summed E-state index contributed by atoms with van der Waals surface area (Å²) in [6.07, 6.45) is 6.62. The fraction of sp³-hybridized carbons (Fsp3) is 0.900. The molecule has 0 unspecified atom stereocenters. The van der Waals surface area contributed by atoms with E-state index in [1.165, 1.54) is 32.1 Å². The molecule has 0 bridgehead atoms. The van der Waals surface area contributed by atoms with Gasteiger partial charge < -0.3 is 9.84 Å². The SMILES string of the molecule is O=C(O)CCOCC1CCCCC1. The average Bonchev–Trinajstić information content (AvgIpc) is 2.14. The molecular formula is C10H18O3. The monoisotopic (exact) mass is 186 g/mol. The molecule has 0 heterocycles. The van der Waals surface area contributed by atoms with Crippen molar-refractivity contribution in [3.8, 4) is 0 Å². The maximum atomic E-state index is 10.2. The van der Waals surface area contributed by atoms with Crippen LogP contribution >= 0.6 is 0 Å². The Balaban J connectivity index is 1.95. The number of carboxylic acid groups (broad SMARTS) is 1. The van der Waals surface area contributed by atoms with Crippen LogP contribution in [0.5, 0.6) is 0 Å². The lowest BCUT2D eigenvalue weighted by Gasteiger charge is -2.20. The fourth-order valence-corrected chi connectivity index (χ4v) is 1.76. The van der Waals surface area contributed by atoms with E-state index in [4.69, 9.17) is 9.84 Å². The van der Waals surface area contributed by atoms with E-state index in [2.05, 4.69) is 0 Å². The fourth-order valence-electron chi connectivity index (χ4n) is 1.76. The van der Waals surface area contributed by atoms with Crippen LogP contribution in [0.15, 0.2) is 0 Å². The molecule has 3 heteroatoms. The number of ether oxygens (including phenoxy) is 1. The van der Waals surface area contributed by atoms with Crippen molar-refractivity contribution in [3.63, 3.8) is 0 Å². The number of rotatable bonds is 5. The molecule has 1 rings (SSSR count). The van der Waals surface area contributed by atoms with E-state index < -0.39 is 5.97 Å². The quantitative estimate of drug-likeness (QED) is 0.668. The van der Waals surface area contributed by atoms with Crippen molar-refractivity contribution in [1.82, 2.24) is 0 Å². The van der Waals surface area contributed by atoms with E-state index in [0.29, 0.717) is 12.5 Å². The van der Waals surface area contributed by atoms with E-state index in [9.17, 15) is 4.79 Å². The molecule has 1 aliphatic rings. The van der Waals surface area contributed by atoms with Gasteiger partial charge in [-0.25, -0.2) is 0 Å². The Morgan fingerprint density at radius 2 is 2.00 bits per heavy atom. The number of hydrogen-bond acceptors (Lipinski definition) is 2. The third-order valence-electron chi connectivity index (χ3n) is 2.54. The first kappa shape index (κ1) is 10.5. The van der Waals surface area contributed by atoms with Crippen molar-refractivity contribution in [3.05, 3.63) is 0 Å². The summed E-state index contributed by atoms with van der Waals surface area (Å²) < 4.78 is 5.30. The van der Waals surface area contributed by atoms with E-state index in [1.807, 2.05) is 0 Å². The van der Waals surface area contributed by atoms with Gasteiger partial charge in [-0.3, -0.25) is 4.79 Å². The first-order valence-corrected chi connectivity index (χ1v) is 5.08. The van der Waals surface area contributed by atoms with Crippen LogP contribution in [-0.4, -0.2) is 24.3 Å². The minimum atomic E-state index is -0.774. The van der Waals surface area contributed by atoms with Crippen molar-refractivity contribution in [1.29, 1.82) is 0 Å². The molecule has 0 aromatic heterocycles. The van der Waals surface area contributed by atoms with E-state index in [0.717, 1.165) is 6.61 Å². The molecule has 0 radical (unpaired) electrons. The summed E-state index contributed by atoms with van der Waals surface area (Å²) in [6.45, 7) is 1.12. The van der Waals surface area contributed by atoms with Gasteiger partial charge >= 0.3 is 5.97 Å². The second kappa shape index (κ2) is 5.97. The first-order valence-electron chi connectivity index (χ1n) is 5.08. The zero-order valence-corrected chi connectivity index (χ0v) is 8.00. The highest BCUT2D eigenvalue weighted by atomic mass is 16.5. The predicted octanol–water partition coefficient (Wildman–Crippen LogP) is 2.06. The second-order valence-corrected chi connectivity index (χ2v) is 3.72. The highest BCUT2D eigenvalue weighted by Crippen LogP contribution is 2.23. The molecule has 1 fully saturated rings. The Bertz CT molecular complexity index is 150. The van der Waals surface area contributed by atoms with Crippen LogP contribution < -0.4 is 0 Å². The Kier molecular flexibility index (Phi) is 4.83. The van der Waals surface area contributed by atoms with Gasteiger partial charge in [0.1, 0.15) is 0 Å². The normalized spacial score (nSPS) is 18.8. The molecule has 13 heavy (non-hydrogen) atoms. The van der Waals surface area contributed by atoms with Crippen molar-refractivity contribution >= 4 is 5.97 Å². The average molecular weight is 186 g/mol. The molecular weight excluding hydrogens is 168 g/mol. The largest absolute Gasteiger partial charge is 0.481 e. The summed E-state index contributed by atoms with van der Waals surface area (Å²) in [5.74, 6) is -0.0915. The molecule has 3 nitrogen and oxygen atoms in total. The highest BCUT2D eigenvalue weighted by molar-refractivity contribution is 5.66. The van der Waals surface area contributed by atoms with Crippen LogP contribution in [0.3, 0.4) is 0 Å². The molecule has 1 aliphatic carbocycles. The minimum Gasteiger partial charge on any atom is -0.481 e. The maximum absolute atomic E-state index is 10.2. The molecule has 0 aromatic rings. The number of carbonyl (C=O) groups is 1. The van der Waals surface area contributed by atoms with Crippen molar-refractivity contribution in [2.75, 3.05) is 13.2 Å². The summed E-state index contributed by atoms with van der Waals surface area (Å²) in [6, 6.07) is 0. The topological polar surface area (TPSA) is 46.5 Å². The lowest BCUT2D eigenvalue weighted by molar-refractivity contribution is -0.138. The van der Waals surface area contributed by atoms with Gasteiger partial charge in [0.05, 0.1) is 13.0 Å². The molecule has 1 N–H and O–H groups in total. The molecule has 0 amide bonds. The molecule has 0 aliphatic heterocycles. The third kappa shape index (κ3) is 4.88. The minimum absolute atomic E-state index is 0.132. The zero-order chi connectivity index (χ0) is 9.52. The van der Waals surface area contributed by atoms with Gasteiger partial charge in [-0.05, 0) is 18.8 Å². The van der Waals surface area contributed by atoms with Gasteiger partial charge in [0.25, 0.3) is 0 Å². The number of aliphatic carboxylic acids is 1. The standard InChI is InChI=1S/C10H18O3/c11-10(12)6-7-13-8-9-4-2-1-3-5-9/h9H,1-8H2,(H,11,12). The molecule has 0 atom stereocenters. The highest BCUT2D eigenvalue weighted by Gasteiger charge is 2.13. The molecule has 0 spiro atoms. The number of hydrogen-bond donors (Lipinski definition) is 1.